The molecule has 19 heavy (non-hydrogen) atoms. The lowest BCUT2D eigenvalue weighted by atomic mass is 10.2. The summed E-state index contributed by atoms with van der Waals surface area (Å²) in [6.45, 7) is 2.50. The fourth-order valence-electron chi connectivity index (χ4n) is 1.75. The topological polar surface area (TPSA) is 38.8 Å². The third-order valence-electron chi connectivity index (χ3n) is 3.08. The van der Waals surface area contributed by atoms with Gasteiger partial charge in [0.05, 0.1) is 14.2 Å². The van der Waals surface area contributed by atoms with E-state index in [1.165, 1.54) is 7.11 Å². The van der Waals surface area contributed by atoms with Crippen LogP contribution in [-0.4, -0.2) is 44.4 Å². The van der Waals surface area contributed by atoms with Crippen LogP contribution in [0.15, 0.2) is 23.1 Å². The van der Waals surface area contributed by atoms with Crippen LogP contribution in [0.25, 0.3) is 0 Å². The normalized spacial score (nSPS) is 12.3. The lowest BCUT2D eigenvalue weighted by molar-refractivity contribution is -0.145. The molecule has 1 rings (SSSR count). The minimum atomic E-state index is -0.267. The maximum atomic E-state index is 11.5. The third-order valence-corrected chi connectivity index (χ3v) is 3.86. The Morgan fingerprint density at radius 2 is 2.11 bits per heavy atom. The number of carbonyl (C=O) groups is 1. The summed E-state index contributed by atoms with van der Waals surface area (Å²) in [4.78, 5) is 14.5. The first-order valence-corrected chi connectivity index (χ1v) is 7.25. The zero-order chi connectivity index (χ0) is 14.4. The Morgan fingerprint density at radius 3 is 2.63 bits per heavy atom. The second-order valence-electron chi connectivity index (χ2n) is 4.30. The molecule has 0 aliphatic heterocycles. The summed E-state index contributed by atoms with van der Waals surface area (Å²) in [5.74, 6) is 0.638. The van der Waals surface area contributed by atoms with Gasteiger partial charge in [0.25, 0.3) is 0 Å². The van der Waals surface area contributed by atoms with Gasteiger partial charge in [0, 0.05) is 11.4 Å². The molecule has 0 amide bonds. The van der Waals surface area contributed by atoms with Crippen LogP contribution in [0.1, 0.15) is 12.5 Å². The first-order chi connectivity index (χ1) is 9.03. The van der Waals surface area contributed by atoms with Gasteiger partial charge in [-0.3, -0.25) is 9.69 Å². The standard InChI is InChI=1S/C14H21NO3S/c1-10(14(16)18-4)15(2)9-11-6-7-13(19-5)12(8-11)17-3/h6-8,10H,9H2,1-5H3. The van der Waals surface area contributed by atoms with E-state index in [4.69, 9.17) is 9.47 Å². The molecular formula is C14H21NO3S. The molecule has 0 saturated heterocycles. The van der Waals surface area contributed by atoms with Gasteiger partial charge in [0.15, 0.2) is 0 Å². The Labute approximate surface area is 119 Å². The Kier molecular flexibility index (Phi) is 6.18. The second-order valence-corrected chi connectivity index (χ2v) is 5.15. The SMILES string of the molecule is COC(=O)C(C)N(C)Cc1ccc(SC)c(OC)c1. The van der Waals surface area contributed by atoms with Crippen LogP contribution in [-0.2, 0) is 16.1 Å². The molecule has 0 N–H and O–H groups in total. The molecule has 5 heteroatoms. The van der Waals surface area contributed by atoms with E-state index in [1.807, 2.05) is 37.3 Å². The van der Waals surface area contributed by atoms with Gasteiger partial charge in [-0.25, -0.2) is 0 Å². The molecule has 0 radical (unpaired) electrons. The first kappa shape index (κ1) is 15.9. The average Bonchev–Trinajstić information content (AvgIpc) is 2.45. The molecule has 0 aromatic heterocycles. The van der Waals surface area contributed by atoms with Crippen LogP contribution in [0.3, 0.4) is 0 Å². The number of ether oxygens (including phenoxy) is 2. The van der Waals surface area contributed by atoms with Gasteiger partial charge in [0.1, 0.15) is 11.8 Å². The Morgan fingerprint density at radius 1 is 1.42 bits per heavy atom. The second kappa shape index (κ2) is 7.40. The highest BCUT2D eigenvalue weighted by molar-refractivity contribution is 7.98. The number of hydrogen-bond donors (Lipinski definition) is 0. The molecule has 106 valence electrons. The average molecular weight is 283 g/mol. The predicted octanol–water partition coefficient (Wildman–Crippen LogP) is 2.41. The van der Waals surface area contributed by atoms with Crippen molar-refractivity contribution < 1.29 is 14.3 Å². The zero-order valence-corrected chi connectivity index (χ0v) is 12.9. The summed E-state index contributed by atoms with van der Waals surface area (Å²) in [5, 5.41) is 0. The molecule has 0 bridgehead atoms. The molecule has 4 nitrogen and oxygen atoms in total. The molecule has 0 spiro atoms. The van der Waals surface area contributed by atoms with E-state index in [9.17, 15) is 4.79 Å². The molecule has 1 unspecified atom stereocenters. The summed E-state index contributed by atoms with van der Waals surface area (Å²) in [6, 6.07) is 5.83. The zero-order valence-electron chi connectivity index (χ0n) is 12.1. The number of carbonyl (C=O) groups excluding carboxylic acids is 1. The smallest absolute Gasteiger partial charge is 0.322 e. The molecular weight excluding hydrogens is 262 g/mol. The minimum Gasteiger partial charge on any atom is -0.496 e. The van der Waals surface area contributed by atoms with Crippen LogP contribution in [0, 0.1) is 0 Å². The molecule has 0 heterocycles. The Balaban J connectivity index is 2.79. The number of benzene rings is 1. The van der Waals surface area contributed by atoms with Crippen molar-refractivity contribution in [2.75, 3.05) is 27.5 Å². The maximum absolute atomic E-state index is 11.5. The summed E-state index contributed by atoms with van der Waals surface area (Å²) in [6.07, 6.45) is 2.02. The van der Waals surface area contributed by atoms with E-state index >= 15 is 0 Å². The van der Waals surface area contributed by atoms with Crippen molar-refractivity contribution in [1.82, 2.24) is 4.90 Å². The highest BCUT2D eigenvalue weighted by Crippen LogP contribution is 2.28. The summed E-state index contributed by atoms with van der Waals surface area (Å²) >= 11 is 1.65. The number of likely N-dealkylation sites (N-methyl/N-ethyl adjacent to an activating group) is 1. The van der Waals surface area contributed by atoms with E-state index in [0.29, 0.717) is 6.54 Å². The van der Waals surface area contributed by atoms with Crippen LogP contribution in [0.5, 0.6) is 5.75 Å². The molecule has 0 fully saturated rings. The number of thioether (sulfide) groups is 1. The highest BCUT2D eigenvalue weighted by atomic mass is 32.2. The van der Waals surface area contributed by atoms with E-state index in [-0.39, 0.29) is 12.0 Å². The molecule has 1 aromatic rings. The Hall–Kier alpha value is -1.20. The van der Waals surface area contributed by atoms with Crippen molar-refractivity contribution in [2.24, 2.45) is 0 Å². The fraction of sp³-hybridized carbons (Fsp3) is 0.500. The number of hydrogen-bond acceptors (Lipinski definition) is 5. The Bertz CT molecular complexity index is 437. The molecule has 0 aliphatic rings. The van der Waals surface area contributed by atoms with Crippen molar-refractivity contribution in [1.29, 1.82) is 0 Å². The lowest BCUT2D eigenvalue weighted by Gasteiger charge is -2.22. The van der Waals surface area contributed by atoms with Gasteiger partial charge >= 0.3 is 5.97 Å². The van der Waals surface area contributed by atoms with Crippen molar-refractivity contribution in [3.8, 4) is 5.75 Å². The van der Waals surface area contributed by atoms with Crippen LogP contribution >= 0.6 is 11.8 Å². The summed E-state index contributed by atoms with van der Waals surface area (Å²) in [5.41, 5.74) is 1.10. The van der Waals surface area contributed by atoms with Crippen molar-refractivity contribution >= 4 is 17.7 Å². The quantitative estimate of drug-likeness (QED) is 0.592. The van der Waals surface area contributed by atoms with Crippen LogP contribution in [0.2, 0.25) is 0 Å². The monoisotopic (exact) mass is 283 g/mol. The molecule has 1 atom stereocenters. The van der Waals surface area contributed by atoms with Gasteiger partial charge in [-0.15, -0.1) is 11.8 Å². The van der Waals surface area contributed by atoms with Gasteiger partial charge in [-0.05, 0) is 37.9 Å². The highest BCUT2D eigenvalue weighted by Gasteiger charge is 2.18. The van der Waals surface area contributed by atoms with E-state index in [1.54, 1.807) is 18.9 Å². The third kappa shape index (κ3) is 4.14. The summed E-state index contributed by atoms with van der Waals surface area (Å²) in [7, 11) is 4.97. The van der Waals surface area contributed by atoms with Gasteiger partial charge in [-0.2, -0.15) is 0 Å². The molecule has 0 aliphatic carbocycles. The van der Waals surface area contributed by atoms with E-state index in [0.717, 1.165) is 16.2 Å². The maximum Gasteiger partial charge on any atom is 0.322 e. The largest absolute Gasteiger partial charge is 0.496 e. The predicted molar refractivity (Wildman–Crippen MR) is 77.7 cm³/mol. The first-order valence-electron chi connectivity index (χ1n) is 6.02. The number of rotatable bonds is 6. The number of nitrogens with zero attached hydrogens (tertiary/aromatic N) is 1. The van der Waals surface area contributed by atoms with Crippen molar-refractivity contribution in [3.63, 3.8) is 0 Å². The van der Waals surface area contributed by atoms with Gasteiger partial charge < -0.3 is 9.47 Å². The fourth-order valence-corrected chi connectivity index (χ4v) is 2.30. The van der Waals surface area contributed by atoms with E-state index in [2.05, 4.69) is 6.07 Å². The van der Waals surface area contributed by atoms with Crippen molar-refractivity contribution in [3.05, 3.63) is 23.8 Å². The molecule has 1 aromatic carbocycles. The van der Waals surface area contributed by atoms with Gasteiger partial charge in [0.2, 0.25) is 0 Å². The number of methoxy groups -OCH3 is 2. The van der Waals surface area contributed by atoms with Gasteiger partial charge in [-0.1, -0.05) is 6.07 Å². The van der Waals surface area contributed by atoms with Crippen molar-refractivity contribution in [2.45, 2.75) is 24.4 Å². The minimum absolute atomic E-state index is 0.227. The van der Waals surface area contributed by atoms with Crippen LogP contribution in [0.4, 0.5) is 0 Å². The van der Waals surface area contributed by atoms with Crippen LogP contribution < -0.4 is 4.74 Å². The number of esters is 1. The van der Waals surface area contributed by atoms with E-state index < -0.39 is 0 Å². The lowest BCUT2D eigenvalue weighted by Crippen LogP contribution is -2.36. The summed E-state index contributed by atoms with van der Waals surface area (Å²) < 4.78 is 10.1. The molecule has 0 saturated carbocycles.